The molecule has 3 rings (SSSR count). The van der Waals surface area contributed by atoms with Gasteiger partial charge in [-0.1, -0.05) is 0 Å². The van der Waals surface area contributed by atoms with Gasteiger partial charge in [0, 0.05) is 12.3 Å². The predicted molar refractivity (Wildman–Crippen MR) is 77.1 cm³/mol. The van der Waals surface area contributed by atoms with E-state index in [1.165, 1.54) is 6.20 Å². The van der Waals surface area contributed by atoms with Crippen molar-refractivity contribution in [2.24, 2.45) is 0 Å². The van der Waals surface area contributed by atoms with Crippen LogP contribution in [0, 0.1) is 0 Å². The average molecular weight is 364 g/mol. The predicted octanol–water partition coefficient (Wildman–Crippen LogP) is -0.937. The molecule has 0 amide bonds. The molecule has 1 aromatic heterocycles. The molecule has 3 heterocycles. The fourth-order valence-corrected chi connectivity index (χ4v) is 3.16. The molecule has 0 bridgehead atoms. The number of phosphoric ester groups is 1. The molecule has 1 aromatic rings. The summed E-state index contributed by atoms with van der Waals surface area (Å²) < 4.78 is 33.6. The second-order valence-electron chi connectivity index (χ2n) is 5.93. The molecule has 0 spiro atoms. The van der Waals surface area contributed by atoms with E-state index in [9.17, 15) is 14.2 Å². The van der Waals surface area contributed by atoms with Crippen LogP contribution in [0.1, 0.15) is 20.1 Å². The number of phosphoric acid groups is 1. The van der Waals surface area contributed by atoms with Crippen molar-refractivity contribution in [3.63, 3.8) is 0 Å². The minimum Gasteiger partial charge on any atom is -0.346 e. The lowest BCUT2D eigenvalue weighted by Gasteiger charge is -2.24. The Bertz CT molecular complexity index is 781. The second-order valence-corrected chi connectivity index (χ2v) is 7.17. The molecular formula is C12H17N2O9P. The number of ether oxygens (including phenoxy) is 3. The van der Waals surface area contributed by atoms with Gasteiger partial charge in [0.15, 0.2) is 12.0 Å². The van der Waals surface area contributed by atoms with Crippen LogP contribution in [-0.4, -0.2) is 50.0 Å². The SMILES string of the molecule is CC1(C)O[C@@H]2[C@H](O1)[C@@H](COP(=O)(O)O)O[C@H]2n1ccc(=O)[nH]c1=O. The summed E-state index contributed by atoms with van der Waals surface area (Å²) in [5, 5.41) is 0. The smallest absolute Gasteiger partial charge is 0.346 e. The van der Waals surface area contributed by atoms with Crippen LogP contribution in [0.5, 0.6) is 0 Å². The number of nitrogens with one attached hydrogen (secondary N) is 1. The Morgan fingerprint density at radius 3 is 2.62 bits per heavy atom. The lowest BCUT2D eigenvalue weighted by Crippen LogP contribution is -2.37. The van der Waals surface area contributed by atoms with Crippen LogP contribution in [0.4, 0.5) is 0 Å². The monoisotopic (exact) mass is 364 g/mol. The minimum atomic E-state index is -4.69. The molecule has 0 unspecified atom stereocenters. The van der Waals surface area contributed by atoms with Gasteiger partial charge in [-0.25, -0.2) is 9.36 Å². The van der Waals surface area contributed by atoms with Crippen molar-refractivity contribution in [2.45, 2.75) is 44.2 Å². The lowest BCUT2D eigenvalue weighted by molar-refractivity contribution is -0.200. The maximum Gasteiger partial charge on any atom is 0.469 e. The van der Waals surface area contributed by atoms with E-state index in [0.717, 1.165) is 10.6 Å². The molecule has 0 radical (unpaired) electrons. The van der Waals surface area contributed by atoms with E-state index in [4.69, 9.17) is 24.0 Å². The molecule has 12 heteroatoms. The molecule has 2 aliphatic rings. The minimum absolute atomic E-state index is 0.445. The number of hydrogen-bond acceptors (Lipinski definition) is 7. The van der Waals surface area contributed by atoms with Gasteiger partial charge in [-0.15, -0.1) is 0 Å². The van der Waals surface area contributed by atoms with Crippen LogP contribution in [-0.2, 0) is 23.3 Å². The highest BCUT2D eigenvalue weighted by Gasteiger charge is 2.56. The third-order valence-electron chi connectivity index (χ3n) is 3.66. The van der Waals surface area contributed by atoms with Crippen LogP contribution in [0.15, 0.2) is 21.9 Å². The number of hydrogen-bond donors (Lipinski definition) is 3. The van der Waals surface area contributed by atoms with Gasteiger partial charge in [-0.3, -0.25) is 18.9 Å². The summed E-state index contributed by atoms with van der Waals surface area (Å²) in [4.78, 5) is 43.0. The molecule has 134 valence electrons. The highest BCUT2D eigenvalue weighted by molar-refractivity contribution is 7.46. The zero-order valence-electron chi connectivity index (χ0n) is 12.8. The number of fused-ring (bicyclic) bond motifs is 1. The Labute approximate surface area is 135 Å². The Morgan fingerprint density at radius 1 is 1.33 bits per heavy atom. The maximum absolute atomic E-state index is 12.0. The van der Waals surface area contributed by atoms with Crippen LogP contribution in [0.25, 0.3) is 0 Å². The van der Waals surface area contributed by atoms with E-state index in [1.54, 1.807) is 13.8 Å². The van der Waals surface area contributed by atoms with E-state index < -0.39 is 56.0 Å². The van der Waals surface area contributed by atoms with Gasteiger partial charge in [-0.2, -0.15) is 0 Å². The number of aromatic amines is 1. The van der Waals surface area contributed by atoms with Crippen LogP contribution >= 0.6 is 7.82 Å². The van der Waals surface area contributed by atoms with Gasteiger partial charge >= 0.3 is 13.5 Å². The van der Waals surface area contributed by atoms with Gasteiger partial charge < -0.3 is 24.0 Å². The van der Waals surface area contributed by atoms with Gasteiger partial charge in [0.25, 0.3) is 5.56 Å². The summed E-state index contributed by atoms with van der Waals surface area (Å²) in [5.74, 6) is -0.969. The topological polar surface area (TPSA) is 149 Å². The first kappa shape index (κ1) is 17.5. The molecule has 2 fully saturated rings. The first-order valence-corrected chi connectivity index (χ1v) is 8.61. The first-order chi connectivity index (χ1) is 11.1. The molecule has 4 atom stereocenters. The number of H-pyrrole nitrogens is 1. The zero-order chi connectivity index (χ0) is 17.7. The average Bonchev–Trinajstić information content (AvgIpc) is 2.90. The van der Waals surface area contributed by atoms with Gasteiger partial charge in [0.2, 0.25) is 0 Å². The summed E-state index contributed by atoms with van der Waals surface area (Å²) in [6.45, 7) is 2.89. The summed E-state index contributed by atoms with van der Waals surface area (Å²) in [6.07, 6.45) is -1.96. The van der Waals surface area contributed by atoms with E-state index >= 15 is 0 Å². The standard InChI is InChI=1S/C12H17N2O9P/c1-12(2)22-8-6(5-20-24(17,18)19)21-10(9(8)23-12)14-4-3-7(15)13-11(14)16/h3-4,6,8-10H,5H2,1-2H3,(H,13,15,16)(H2,17,18,19)/t6-,8-,9-,10-/m1/s1. The highest BCUT2D eigenvalue weighted by atomic mass is 31.2. The van der Waals surface area contributed by atoms with Crippen molar-refractivity contribution in [2.75, 3.05) is 6.61 Å². The van der Waals surface area contributed by atoms with Crippen molar-refractivity contribution >= 4 is 7.82 Å². The summed E-state index contributed by atoms with van der Waals surface area (Å²) >= 11 is 0. The van der Waals surface area contributed by atoms with Crippen LogP contribution in [0.3, 0.4) is 0 Å². The Morgan fingerprint density at radius 2 is 2.00 bits per heavy atom. The molecule has 2 saturated heterocycles. The third-order valence-corrected chi connectivity index (χ3v) is 4.14. The Balaban J connectivity index is 1.89. The van der Waals surface area contributed by atoms with Gasteiger partial charge in [0.1, 0.15) is 18.3 Å². The van der Waals surface area contributed by atoms with Gasteiger partial charge in [0.05, 0.1) is 6.61 Å². The van der Waals surface area contributed by atoms with Crippen LogP contribution < -0.4 is 11.2 Å². The van der Waals surface area contributed by atoms with E-state index in [-0.39, 0.29) is 0 Å². The first-order valence-electron chi connectivity index (χ1n) is 7.08. The lowest BCUT2D eigenvalue weighted by atomic mass is 10.1. The number of nitrogens with zero attached hydrogens (tertiary/aromatic N) is 1. The normalized spacial score (nSPS) is 32.0. The van der Waals surface area contributed by atoms with Crippen molar-refractivity contribution < 1.29 is 33.1 Å². The second kappa shape index (κ2) is 5.88. The van der Waals surface area contributed by atoms with Crippen LogP contribution in [0.2, 0.25) is 0 Å². The van der Waals surface area contributed by atoms with E-state index in [2.05, 4.69) is 9.51 Å². The van der Waals surface area contributed by atoms with Gasteiger partial charge in [-0.05, 0) is 13.8 Å². The molecular weight excluding hydrogens is 347 g/mol. The molecule has 0 aliphatic carbocycles. The van der Waals surface area contributed by atoms with E-state index in [1.807, 2.05) is 0 Å². The third kappa shape index (κ3) is 3.52. The molecule has 0 aromatic carbocycles. The summed E-state index contributed by atoms with van der Waals surface area (Å²) in [6, 6.07) is 1.15. The largest absolute Gasteiger partial charge is 0.469 e. The molecule has 2 aliphatic heterocycles. The molecule has 0 saturated carbocycles. The number of aromatic nitrogens is 2. The molecule has 24 heavy (non-hydrogen) atoms. The highest BCUT2D eigenvalue weighted by Crippen LogP contribution is 2.44. The summed E-state index contributed by atoms with van der Waals surface area (Å²) in [7, 11) is -4.69. The Kier molecular flexibility index (Phi) is 4.29. The van der Waals surface area contributed by atoms with Crippen molar-refractivity contribution in [3.8, 4) is 0 Å². The van der Waals surface area contributed by atoms with Crippen molar-refractivity contribution in [1.82, 2.24) is 9.55 Å². The van der Waals surface area contributed by atoms with Crippen molar-refractivity contribution in [3.05, 3.63) is 33.1 Å². The van der Waals surface area contributed by atoms with Crippen molar-refractivity contribution in [1.29, 1.82) is 0 Å². The molecule has 3 N–H and O–H groups in total. The summed E-state index contributed by atoms with van der Waals surface area (Å²) in [5.41, 5.74) is -1.26. The number of rotatable bonds is 4. The van der Waals surface area contributed by atoms with E-state index in [0.29, 0.717) is 0 Å². The maximum atomic E-state index is 12.0. The fraction of sp³-hybridized carbons (Fsp3) is 0.667. The molecule has 11 nitrogen and oxygen atoms in total. The fourth-order valence-electron chi connectivity index (χ4n) is 2.82. The Hall–Kier alpha value is -1.33. The quantitative estimate of drug-likeness (QED) is 0.576. The zero-order valence-corrected chi connectivity index (χ0v) is 13.7.